The highest BCUT2D eigenvalue weighted by atomic mass is 19.1. The lowest BCUT2D eigenvalue weighted by molar-refractivity contribution is 0.139. The van der Waals surface area contributed by atoms with Crippen LogP contribution < -0.4 is 0 Å². The van der Waals surface area contributed by atoms with Gasteiger partial charge in [0.25, 0.3) is 0 Å². The predicted molar refractivity (Wildman–Crippen MR) is 58.5 cm³/mol. The van der Waals surface area contributed by atoms with Crippen molar-refractivity contribution >= 4 is 6.21 Å². The molecule has 0 radical (unpaired) electrons. The number of halogens is 1. The average Bonchev–Trinajstić information content (AvgIpc) is 2.21. The monoisotopic (exact) mass is 199 g/mol. The van der Waals surface area contributed by atoms with Crippen LogP contribution in [0.2, 0.25) is 0 Å². The molecule has 2 nitrogen and oxygen atoms in total. The van der Waals surface area contributed by atoms with Gasteiger partial charge < -0.3 is 4.74 Å². The van der Waals surface area contributed by atoms with Crippen LogP contribution in [0.3, 0.4) is 0 Å². The van der Waals surface area contributed by atoms with Gasteiger partial charge in [0.1, 0.15) is 18.5 Å². The second-order valence-electron chi connectivity index (χ2n) is 2.79. The number of alkyl halides is 1. The zero-order chi connectivity index (χ0) is 10.8. The van der Waals surface area contributed by atoms with Crippen molar-refractivity contribution < 1.29 is 9.13 Å². The molecule has 80 valence electrons. The molecule has 0 bridgehead atoms. The van der Waals surface area contributed by atoms with Gasteiger partial charge in [0, 0.05) is 13.3 Å². The number of nitrogens with zero attached hydrogens (tertiary/aromatic N) is 1. The molecule has 0 aliphatic heterocycles. The number of ether oxygens (including phenoxy) is 1. The molecule has 0 saturated heterocycles. The molecular weight excluding hydrogens is 181 g/mol. The number of rotatable bonds is 6. The van der Waals surface area contributed by atoms with Gasteiger partial charge in [-0.2, -0.15) is 0 Å². The number of allylic oxidation sites excluding steroid dienone is 3. The maximum absolute atomic E-state index is 12.8. The molecule has 0 saturated carbocycles. The fourth-order valence-electron chi connectivity index (χ4n) is 0.769. The normalized spacial score (nSPS) is 15.3. The molecule has 0 N–H and O–H groups in total. The van der Waals surface area contributed by atoms with Gasteiger partial charge in [-0.1, -0.05) is 13.0 Å². The molecule has 0 aromatic rings. The molecule has 0 unspecified atom stereocenters. The Morgan fingerprint density at radius 3 is 2.79 bits per heavy atom. The Morgan fingerprint density at radius 1 is 1.57 bits per heavy atom. The molecule has 0 rings (SSSR count). The molecular formula is C11H18FNO. The Kier molecular flexibility index (Phi) is 7.80. The SMILES string of the molecule is C/C=C\C(=C/C=NC)OC[C@H](F)CC. The quantitative estimate of drug-likeness (QED) is 0.366. The van der Waals surface area contributed by atoms with Crippen molar-refractivity contribution in [3.63, 3.8) is 0 Å². The molecule has 0 aliphatic rings. The van der Waals surface area contributed by atoms with Gasteiger partial charge in [0.2, 0.25) is 0 Å². The van der Waals surface area contributed by atoms with Crippen molar-refractivity contribution in [2.24, 2.45) is 4.99 Å². The minimum absolute atomic E-state index is 0.101. The summed E-state index contributed by atoms with van der Waals surface area (Å²) in [5, 5.41) is 0. The fraction of sp³-hybridized carbons (Fsp3) is 0.545. The van der Waals surface area contributed by atoms with Gasteiger partial charge in [0.15, 0.2) is 0 Å². The topological polar surface area (TPSA) is 21.6 Å². The summed E-state index contributed by atoms with van der Waals surface area (Å²) >= 11 is 0. The van der Waals surface area contributed by atoms with E-state index < -0.39 is 6.17 Å². The van der Waals surface area contributed by atoms with Crippen molar-refractivity contribution in [1.29, 1.82) is 0 Å². The van der Waals surface area contributed by atoms with E-state index in [1.807, 2.05) is 13.0 Å². The van der Waals surface area contributed by atoms with Gasteiger partial charge >= 0.3 is 0 Å². The van der Waals surface area contributed by atoms with E-state index in [-0.39, 0.29) is 6.61 Å². The number of aliphatic imine (C=N–C) groups is 1. The van der Waals surface area contributed by atoms with E-state index in [1.54, 1.807) is 32.3 Å². The first-order chi connectivity index (χ1) is 6.74. The molecule has 0 aliphatic carbocycles. The number of hydrogen-bond donors (Lipinski definition) is 0. The minimum Gasteiger partial charge on any atom is -0.491 e. The molecule has 0 aromatic heterocycles. The first kappa shape index (κ1) is 12.9. The first-order valence-corrected chi connectivity index (χ1v) is 4.76. The van der Waals surface area contributed by atoms with Gasteiger partial charge in [-0.15, -0.1) is 0 Å². The minimum atomic E-state index is -0.901. The zero-order valence-electron chi connectivity index (χ0n) is 9.03. The van der Waals surface area contributed by atoms with Gasteiger partial charge in [-0.3, -0.25) is 4.99 Å². The molecule has 0 aromatic carbocycles. The van der Waals surface area contributed by atoms with Crippen molar-refractivity contribution in [3.8, 4) is 0 Å². The van der Waals surface area contributed by atoms with Crippen LogP contribution in [0.4, 0.5) is 4.39 Å². The lowest BCUT2D eigenvalue weighted by Gasteiger charge is -2.08. The highest BCUT2D eigenvalue weighted by Crippen LogP contribution is 2.04. The Bertz CT molecular complexity index is 221. The molecule has 14 heavy (non-hydrogen) atoms. The summed E-state index contributed by atoms with van der Waals surface area (Å²) in [7, 11) is 1.67. The summed E-state index contributed by atoms with van der Waals surface area (Å²) in [5.41, 5.74) is 0. The largest absolute Gasteiger partial charge is 0.491 e. The maximum atomic E-state index is 12.8. The Morgan fingerprint density at radius 2 is 2.29 bits per heavy atom. The van der Waals surface area contributed by atoms with Crippen LogP contribution in [-0.2, 0) is 4.74 Å². The molecule has 0 fully saturated rings. The molecule has 3 heteroatoms. The smallest absolute Gasteiger partial charge is 0.134 e. The van der Waals surface area contributed by atoms with Gasteiger partial charge in [-0.25, -0.2) is 4.39 Å². The molecule has 1 atom stereocenters. The third-order valence-electron chi connectivity index (χ3n) is 1.59. The molecule has 0 heterocycles. The highest BCUT2D eigenvalue weighted by Gasteiger charge is 2.03. The van der Waals surface area contributed by atoms with Crippen LogP contribution in [0.15, 0.2) is 29.0 Å². The van der Waals surface area contributed by atoms with E-state index in [0.717, 1.165) is 0 Å². The lowest BCUT2D eigenvalue weighted by Crippen LogP contribution is -2.08. The Balaban J connectivity index is 4.10. The predicted octanol–water partition coefficient (Wildman–Crippen LogP) is 2.91. The summed E-state index contributed by atoms with van der Waals surface area (Å²) in [6.45, 7) is 3.78. The first-order valence-electron chi connectivity index (χ1n) is 4.76. The molecule has 0 amide bonds. The van der Waals surface area contributed by atoms with E-state index >= 15 is 0 Å². The third-order valence-corrected chi connectivity index (χ3v) is 1.59. The second kappa shape index (κ2) is 8.48. The van der Waals surface area contributed by atoms with Gasteiger partial charge in [0.05, 0.1) is 0 Å². The summed E-state index contributed by atoms with van der Waals surface area (Å²) < 4.78 is 18.1. The number of hydrogen-bond acceptors (Lipinski definition) is 2. The van der Waals surface area contributed by atoms with Crippen LogP contribution in [0, 0.1) is 0 Å². The second-order valence-corrected chi connectivity index (χ2v) is 2.79. The molecule has 0 spiro atoms. The standard InChI is InChI=1S/C11H18FNO/c1-4-6-11(7-8-13-3)14-9-10(12)5-2/h4,6-8,10H,5,9H2,1-3H3/b6-4-,11-7+,13-8?/t10-/m1/s1. The van der Waals surface area contributed by atoms with Crippen LogP contribution in [0.25, 0.3) is 0 Å². The van der Waals surface area contributed by atoms with Crippen LogP contribution in [-0.4, -0.2) is 26.0 Å². The maximum Gasteiger partial charge on any atom is 0.134 e. The average molecular weight is 199 g/mol. The van der Waals surface area contributed by atoms with E-state index in [1.165, 1.54) is 0 Å². The highest BCUT2D eigenvalue weighted by molar-refractivity contribution is 5.72. The van der Waals surface area contributed by atoms with Gasteiger partial charge in [-0.05, 0) is 25.5 Å². The summed E-state index contributed by atoms with van der Waals surface area (Å²) in [4.78, 5) is 3.80. The zero-order valence-corrected chi connectivity index (χ0v) is 9.03. The van der Waals surface area contributed by atoms with Crippen molar-refractivity contribution in [2.75, 3.05) is 13.7 Å². The van der Waals surface area contributed by atoms with E-state index in [2.05, 4.69) is 4.99 Å². The summed E-state index contributed by atoms with van der Waals surface area (Å²) in [5.74, 6) is 0.634. The van der Waals surface area contributed by atoms with E-state index in [0.29, 0.717) is 12.2 Å². The fourth-order valence-corrected chi connectivity index (χ4v) is 0.769. The van der Waals surface area contributed by atoms with E-state index in [4.69, 9.17) is 4.74 Å². The van der Waals surface area contributed by atoms with Crippen molar-refractivity contribution in [3.05, 3.63) is 24.0 Å². The third kappa shape index (κ3) is 6.40. The summed E-state index contributed by atoms with van der Waals surface area (Å²) in [6, 6.07) is 0. The van der Waals surface area contributed by atoms with Crippen molar-refractivity contribution in [2.45, 2.75) is 26.4 Å². The summed E-state index contributed by atoms with van der Waals surface area (Å²) in [6.07, 6.45) is 6.53. The van der Waals surface area contributed by atoms with E-state index in [9.17, 15) is 4.39 Å². The van der Waals surface area contributed by atoms with Crippen LogP contribution in [0.1, 0.15) is 20.3 Å². The van der Waals surface area contributed by atoms with Crippen LogP contribution >= 0.6 is 0 Å². The Hall–Kier alpha value is -1.12. The van der Waals surface area contributed by atoms with Crippen LogP contribution in [0.5, 0.6) is 0 Å². The lowest BCUT2D eigenvalue weighted by atomic mass is 10.3. The van der Waals surface area contributed by atoms with Crippen molar-refractivity contribution in [1.82, 2.24) is 0 Å². The Labute approximate surface area is 85.2 Å².